The van der Waals surface area contributed by atoms with Gasteiger partial charge in [0, 0.05) is 29.1 Å². The van der Waals surface area contributed by atoms with Gasteiger partial charge in [-0.15, -0.1) is 0 Å². The molecule has 1 aliphatic carbocycles. The highest BCUT2D eigenvalue weighted by molar-refractivity contribution is 8.00. The maximum atomic E-state index is 10.8. The van der Waals surface area contributed by atoms with E-state index in [2.05, 4.69) is 11.6 Å². The monoisotopic (exact) mass is 268 g/mol. The minimum absolute atomic E-state index is 0.00551. The largest absolute Gasteiger partial charge is 0.490 e. The Hall–Kier alpha value is -1.43. The minimum Gasteiger partial charge on any atom is -0.490 e. The molecule has 18 heavy (non-hydrogen) atoms. The van der Waals surface area contributed by atoms with Crippen LogP contribution in [0.4, 0.5) is 11.4 Å². The Labute approximate surface area is 110 Å². The van der Waals surface area contributed by atoms with Crippen molar-refractivity contribution in [2.45, 2.75) is 17.6 Å². The molecular weight excluding hydrogens is 252 g/mol. The van der Waals surface area contributed by atoms with E-state index in [0.717, 1.165) is 12.2 Å². The Morgan fingerprint density at radius 3 is 2.78 bits per heavy atom. The van der Waals surface area contributed by atoms with Gasteiger partial charge in [-0.05, 0) is 25.2 Å². The van der Waals surface area contributed by atoms with Crippen LogP contribution in [0.2, 0.25) is 0 Å². The molecule has 1 aliphatic rings. The number of benzene rings is 1. The molecule has 1 aromatic rings. The van der Waals surface area contributed by atoms with Crippen LogP contribution in [0.1, 0.15) is 12.8 Å². The van der Waals surface area contributed by atoms with Gasteiger partial charge in [0.25, 0.3) is 0 Å². The molecule has 0 saturated heterocycles. The van der Waals surface area contributed by atoms with Crippen LogP contribution in [0.15, 0.2) is 18.2 Å². The molecule has 1 N–H and O–H groups in total. The van der Waals surface area contributed by atoms with E-state index in [1.807, 2.05) is 11.8 Å². The summed E-state index contributed by atoms with van der Waals surface area (Å²) in [6.07, 6.45) is 4.57. The lowest BCUT2D eigenvalue weighted by Crippen LogP contribution is -2.17. The summed E-state index contributed by atoms with van der Waals surface area (Å²) in [5.41, 5.74) is 0.854. The number of thioether (sulfide) groups is 1. The van der Waals surface area contributed by atoms with Gasteiger partial charge in [0.2, 0.25) is 0 Å². The number of hydrogen-bond acceptors (Lipinski definition) is 5. The first-order valence-corrected chi connectivity index (χ1v) is 6.94. The summed E-state index contributed by atoms with van der Waals surface area (Å²) in [4.78, 5) is 10.3. The van der Waals surface area contributed by atoms with Gasteiger partial charge in [0.15, 0.2) is 5.75 Å². The second kappa shape index (κ2) is 5.06. The van der Waals surface area contributed by atoms with Crippen molar-refractivity contribution in [1.29, 1.82) is 0 Å². The second-order valence-electron chi connectivity index (χ2n) is 4.38. The van der Waals surface area contributed by atoms with Crippen molar-refractivity contribution >= 4 is 23.1 Å². The van der Waals surface area contributed by atoms with Gasteiger partial charge in [0.05, 0.1) is 12.0 Å². The number of nitrogens with one attached hydrogen (secondary N) is 1. The number of nitro groups is 1. The number of nitrogens with zero attached hydrogens (tertiary/aromatic N) is 1. The molecule has 0 amide bonds. The zero-order valence-electron chi connectivity index (χ0n) is 10.4. The van der Waals surface area contributed by atoms with Gasteiger partial charge < -0.3 is 10.1 Å². The predicted octanol–water partition coefficient (Wildman–Crippen LogP) is 2.91. The third-order valence-corrected chi connectivity index (χ3v) is 4.65. The molecule has 2 rings (SSSR count). The Morgan fingerprint density at radius 2 is 2.28 bits per heavy atom. The highest BCUT2D eigenvalue weighted by Gasteiger charge is 2.41. The lowest BCUT2D eigenvalue weighted by molar-refractivity contribution is -0.385. The number of hydrogen-bond donors (Lipinski definition) is 1. The van der Waals surface area contributed by atoms with Crippen molar-refractivity contribution in [2.75, 3.05) is 25.2 Å². The van der Waals surface area contributed by atoms with E-state index in [-0.39, 0.29) is 5.69 Å². The molecule has 1 fully saturated rings. The first-order valence-electron chi connectivity index (χ1n) is 5.72. The first-order chi connectivity index (χ1) is 8.60. The molecule has 0 aliphatic heterocycles. The maximum Gasteiger partial charge on any atom is 0.311 e. The average Bonchev–Trinajstić information content (AvgIpc) is 3.16. The van der Waals surface area contributed by atoms with E-state index in [1.165, 1.54) is 26.0 Å². The molecule has 98 valence electrons. The van der Waals surface area contributed by atoms with E-state index >= 15 is 0 Å². The number of nitro benzene ring substituents is 1. The molecular formula is C12H16N2O3S. The summed E-state index contributed by atoms with van der Waals surface area (Å²) in [5.74, 6) is 0.291. The number of methoxy groups -OCH3 is 1. The standard InChI is InChI=1S/C12H16N2O3S/c1-17-11-7-9(3-4-10(11)14(15)16)13-8-12(18-2)5-6-12/h3-4,7,13H,5-6,8H2,1-2H3. The summed E-state index contributed by atoms with van der Waals surface area (Å²) < 4.78 is 5.39. The quantitative estimate of drug-likeness (QED) is 0.635. The van der Waals surface area contributed by atoms with Gasteiger partial charge in [-0.3, -0.25) is 10.1 Å². The number of anilines is 1. The zero-order chi connectivity index (χ0) is 13.2. The Morgan fingerprint density at radius 1 is 1.56 bits per heavy atom. The van der Waals surface area contributed by atoms with Crippen molar-refractivity contribution < 1.29 is 9.66 Å². The molecule has 0 heterocycles. The van der Waals surface area contributed by atoms with Crippen LogP contribution in [0.25, 0.3) is 0 Å². The fraction of sp³-hybridized carbons (Fsp3) is 0.500. The van der Waals surface area contributed by atoms with E-state index in [9.17, 15) is 10.1 Å². The van der Waals surface area contributed by atoms with Gasteiger partial charge in [-0.1, -0.05) is 0 Å². The van der Waals surface area contributed by atoms with Crippen LogP contribution in [0.5, 0.6) is 5.75 Å². The van der Waals surface area contributed by atoms with Crippen molar-refractivity contribution in [2.24, 2.45) is 0 Å². The van der Waals surface area contributed by atoms with Gasteiger partial charge >= 0.3 is 5.69 Å². The molecule has 1 aromatic carbocycles. The molecule has 0 spiro atoms. The average molecular weight is 268 g/mol. The topological polar surface area (TPSA) is 64.4 Å². The highest BCUT2D eigenvalue weighted by atomic mass is 32.2. The molecule has 0 atom stereocenters. The minimum atomic E-state index is -0.438. The van der Waals surface area contributed by atoms with Gasteiger partial charge in [-0.25, -0.2) is 0 Å². The Bertz CT molecular complexity index is 461. The SMILES string of the molecule is COc1cc(NCC2(SC)CC2)ccc1[N+](=O)[O-]. The summed E-state index contributed by atoms with van der Waals surface area (Å²) in [7, 11) is 1.44. The van der Waals surface area contributed by atoms with Crippen LogP contribution in [0.3, 0.4) is 0 Å². The number of rotatable bonds is 6. The zero-order valence-corrected chi connectivity index (χ0v) is 11.3. The predicted molar refractivity (Wildman–Crippen MR) is 73.6 cm³/mol. The molecule has 6 heteroatoms. The number of ether oxygens (including phenoxy) is 1. The smallest absolute Gasteiger partial charge is 0.311 e. The summed E-state index contributed by atoms with van der Waals surface area (Å²) in [6.45, 7) is 0.884. The fourth-order valence-corrected chi connectivity index (χ4v) is 2.52. The third-order valence-electron chi connectivity index (χ3n) is 3.23. The van der Waals surface area contributed by atoms with Gasteiger partial charge in [-0.2, -0.15) is 11.8 Å². The summed E-state index contributed by atoms with van der Waals surface area (Å²) >= 11 is 1.87. The molecule has 0 unspecified atom stereocenters. The molecule has 0 bridgehead atoms. The summed E-state index contributed by atoms with van der Waals surface area (Å²) in [5, 5.41) is 14.1. The van der Waals surface area contributed by atoms with E-state index < -0.39 is 4.92 Å². The van der Waals surface area contributed by atoms with Crippen molar-refractivity contribution in [1.82, 2.24) is 0 Å². The lowest BCUT2D eigenvalue weighted by Gasteiger charge is -2.14. The van der Waals surface area contributed by atoms with Crippen LogP contribution in [-0.2, 0) is 0 Å². The van der Waals surface area contributed by atoms with E-state index in [4.69, 9.17) is 4.74 Å². The fourth-order valence-electron chi connectivity index (χ4n) is 1.79. The van der Waals surface area contributed by atoms with Crippen LogP contribution in [-0.4, -0.2) is 29.6 Å². The maximum absolute atomic E-state index is 10.8. The van der Waals surface area contributed by atoms with Crippen molar-refractivity contribution in [3.8, 4) is 5.75 Å². The van der Waals surface area contributed by atoms with E-state index in [0.29, 0.717) is 10.5 Å². The molecule has 0 radical (unpaired) electrons. The molecule has 0 aromatic heterocycles. The van der Waals surface area contributed by atoms with Crippen molar-refractivity contribution in [3.05, 3.63) is 28.3 Å². The molecule has 1 saturated carbocycles. The first kappa shape index (κ1) is 13.0. The third kappa shape index (κ3) is 2.69. The normalized spacial score (nSPS) is 16.1. The van der Waals surface area contributed by atoms with Crippen LogP contribution < -0.4 is 10.1 Å². The van der Waals surface area contributed by atoms with E-state index in [1.54, 1.807) is 12.1 Å². The Balaban J connectivity index is 2.08. The summed E-state index contributed by atoms with van der Waals surface area (Å²) in [6, 6.07) is 4.87. The van der Waals surface area contributed by atoms with Crippen LogP contribution in [0, 0.1) is 10.1 Å². The molecule has 5 nitrogen and oxygen atoms in total. The van der Waals surface area contributed by atoms with Gasteiger partial charge in [0.1, 0.15) is 0 Å². The lowest BCUT2D eigenvalue weighted by atomic mass is 10.2. The Kier molecular flexibility index (Phi) is 3.65. The second-order valence-corrected chi connectivity index (χ2v) is 5.66. The van der Waals surface area contributed by atoms with Crippen molar-refractivity contribution in [3.63, 3.8) is 0 Å². The van der Waals surface area contributed by atoms with Crippen LogP contribution >= 0.6 is 11.8 Å². The highest BCUT2D eigenvalue weighted by Crippen LogP contribution is 2.47.